The predicted octanol–water partition coefficient (Wildman–Crippen LogP) is 2.82. The molecule has 1 atom stereocenters. The Balaban J connectivity index is 2.06. The first-order valence-corrected chi connectivity index (χ1v) is 9.26. The monoisotopic (exact) mass is 461 g/mol. The molecule has 2 heterocycles. The number of alkyl carbamates (subject to hydrolysis) is 1. The smallest absolute Gasteiger partial charge is 0.407 e. The van der Waals surface area contributed by atoms with Crippen LogP contribution in [0.3, 0.4) is 0 Å². The molecule has 8 heteroatoms. The third-order valence-corrected chi connectivity index (χ3v) is 4.60. The fourth-order valence-electron chi connectivity index (χ4n) is 2.68. The first-order valence-electron chi connectivity index (χ1n) is 8.18. The Hall–Kier alpha value is -1.58. The molecule has 25 heavy (non-hydrogen) atoms. The van der Waals surface area contributed by atoms with Crippen LogP contribution in [-0.2, 0) is 4.74 Å². The van der Waals surface area contributed by atoms with E-state index in [2.05, 4.69) is 32.9 Å². The van der Waals surface area contributed by atoms with E-state index < -0.39 is 11.7 Å². The zero-order valence-corrected chi connectivity index (χ0v) is 17.1. The number of hydrogen-bond donors (Lipinski definition) is 1. The van der Waals surface area contributed by atoms with E-state index in [1.54, 1.807) is 17.2 Å². The second kappa shape index (κ2) is 8.20. The van der Waals surface area contributed by atoms with Crippen LogP contribution in [-0.4, -0.2) is 53.7 Å². The highest BCUT2D eigenvalue weighted by molar-refractivity contribution is 14.1. The number of nitrogens with one attached hydrogen (secondary N) is 1. The molecule has 1 saturated heterocycles. The molecule has 1 aromatic heterocycles. The first-order chi connectivity index (χ1) is 11.7. The summed E-state index contributed by atoms with van der Waals surface area (Å²) in [5.74, 6) is 0.184. The molecule has 7 nitrogen and oxygen atoms in total. The van der Waals surface area contributed by atoms with Gasteiger partial charge in [-0.1, -0.05) is 0 Å². The maximum Gasteiger partial charge on any atom is 0.407 e. The minimum absolute atomic E-state index is 0.132. The molecule has 0 aromatic carbocycles. The zero-order valence-electron chi connectivity index (χ0n) is 15.0. The molecule has 1 N–H and O–H groups in total. The van der Waals surface area contributed by atoms with Gasteiger partial charge in [-0.2, -0.15) is 0 Å². The minimum Gasteiger partial charge on any atom is -0.480 e. The molecule has 1 aliphatic rings. The maximum atomic E-state index is 12.9. The van der Waals surface area contributed by atoms with Crippen LogP contribution < -0.4 is 10.1 Å². The highest BCUT2D eigenvalue weighted by atomic mass is 127. The maximum absolute atomic E-state index is 12.9. The second-order valence-corrected chi connectivity index (χ2v) is 8.08. The van der Waals surface area contributed by atoms with Crippen LogP contribution in [0.2, 0.25) is 0 Å². The number of aromatic nitrogens is 1. The Labute approximate surface area is 161 Å². The number of carbonyl (C=O) groups excluding carboxylic acids is 2. The Morgan fingerprint density at radius 3 is 2.76 bits per heavy atom. The van der Waals surface area contributed by atoms with Crippen molar-refractivity contribution in [2.75, 3.05) is 20.2 Å². The zero-order chi connectivity index (χ0) is 18.6. The molecule has 0 spiro atoms. The molecule has 1 fully saturated rings. The number of piperidine rings is 1. The number of likely N-dealkylation sites (tertiary alicyclic amines) is 1. The van der Waals surface area contributed by atoms with Gasteiger partial charge in [-0.05, 0) is 62.3 Å². The number of pyridine rings is 1. The van der Waals surface area contributed by atoms with Gasteiger partial charge >= 0.3 is 6.09 Å². The lowest BCUT2D eigenvalue weighted by molar-refractivity contribution is 0.0451. The van der Waals surface area contributed by atoms with Gasteiger partial charge in [0, 0.05) is 28.9 Å². The number of rotatable bonds is 3. The Morgan fingerprint density at radius 1 is 1.40 bits per heavy atom. The normalized spacial score (nSPS) is 17.8. The summed E-state index contributed by atoms with van der Waals surface area (Å²) in [4.78, 5) is 30.7. The highest BCUT2D eigenvalue weighted by Gasteiger charge is 2.29. The van der Waals surface area contributed by atoms with E-state index in [-0.39, 0.29) is 11.9 Å². The van der Waals surface area contributed by atoms with E-state index in [0.717, 1.165) is 16.4 Å². The van der Waals surface area contributed by atoms with Crippen LogP contribution in [0.15, 0.2) is 12.3 Å². The number of ether oxygens (including phenoxy) is 2. The van der Waals surface area contributed by atoms with E-state index in [4.69, 9.17) is 9.47 Å². The van der Waals surface area contributed by atoms with Gasteiger partial charge in [-0.3, -0.25) is 4.79 Å². The Morgan fingerprint density at radius 2 is 2.12 bits per heavy atom. The lowest BCUT2D eigenvalue weighted by atomic mass is 10.0. The van der Waals surface area contributed by atoms with E-state index in [1.807, 2.05) is 20.8 Å². The van der Waals surface area contributed by atoms with Crippen molar-refractivity contribution in [1.29, 1.82) is 0 Å². The summed E-state index contributed by atoms with van der Waals surface area (Å²) in [6.45, 7) is 6.53. The van der Waals surface area contributed by atoms with Crippen LogP contribution in [0, 0.1) is 3.57 Å². The number of hydrogen-bond acceptors (Lipinski definition) is 5. The molecule has 0 aliphatic carbocycles. The van der Waals surface area contributed by atoms with Crippen molar-refractivity contribution >= 4 is 34.6 Å². The van der Waals surface area contributed by atoms with E-state index in [1.165, 1.54) is 7.11 Å². The van der Waals surface area contributed by atoms with Crippen molar-refractivity contribution in [3.63, 3.8) is 0 Å². The van der Waals surface area contributed by atoms with Crippen molar-refractivity contribution < 1.29 is 19.1 Å². The van der Waals surface area contributed by atoms with Crippen LogP contribution in [0.5, 0.6) is 5.88 Å². The standard InChI is InChI=1S/C17H24IN3O4/c1-17(2,3)25-16(23)20-11-6-5-9-21(10-11)15(22)13-12(18)7-8-19-14(13)24-4/h7-8,11H,5-6,9-10H2,1-4H3,(H,20,23). The lowest BCUT2D eigenvalue weighted by Gasteiger charge is -2.34. The molecule has 0 saturated carbocycles. The Kier molecular flexibility index (Phi) is 6.47. The number of amides is 2. The lowest BCUT2D eigenvalue weighted by Crippen LogP contribution is -2.50. The van der Waals surface area contributed by atoms with Crippen LogP contribution in [0.25, 0.3) is 0 Å². The molecule has 1 aromatic rings. The average Bonchev–Trinajstić information content (AvgIpc) is 2.52. The van der Waals surface area contributed by atoms with Crippen molar-refractivity contribution in [3.8, 4) is 5.88 Å². The summed E-state index contributed by atoms with van der Waals surface area (Å²) < 4.78 is 11.3. The van der Waals surface area contributed by atoms with Gasteiger partial charge in [0.2, 0.25) is 5.88 Å². The molecule has 2 rings (SSSR count). The van der Waals surface area contributed by atoms with Crippen molar-refractivity contribution in [2.24, 2.45) is 0 Å². The van der Waals surface area contributed by atoms with Gasteiger partial charge in [0.25, 0.3) is 5.91 Å². The number of methoxy groups -OCH3 is 1. The molecule has 1 aliphatic heterocycles. The number of halogens is 1. The summed E-state index contributed by atoms with van der Waals surface area (Å²) in [7, 11) is 1.50. The largest absolute Gasteiger partial charge is 0.480 e. The third-order valence-electron chi connectivity index (χ3n) is 3.70. The molecule has 138 valence electrons. The summed E-state index contributed by atoms with van der Waals surface area (Å²) in [5.41, 5.74) is -0.0866. The summed E-state index contributed by atoms with van der Waals surface area (Å²) in [6.07, 6.45) is 2.77. The van der Waals surface area contributed by atoms with Crippen molar-refractivity contribution in [3.05, 3.63) is 21.4 Å². The first kappa shape index (κ1) is 19.7. The molecular formula is C17H24IN3O4. The summed E-state index contributed by atoms with van der Waals surface area (Å²) >= 11 is 2.10. The van der Waals surface area contributed by atoms with Crippen LogP contribution in [0.1, 0.15) is 44.0 Å². The molecule has 0 radical (unpaired) electrons. The van der Waals surface area contributed by atoms with Gasteiger partial charge < -0.3 is 19.7 Å². The van der Waals surface area contributed by atoms with Gasteiger partial charge in [0.05, 0.1) is 7.11 Å². The number of nitrogens with zero attached hydrogens (tertiary/aromatic N) is 2. The quantitative estimate of drug-likeness (QED) is 0.701. The average molecular weight is 461 g/mol. The molecular weight excluding hydrogens is 437 g/mol. The molecule has 1 unspecified atom stereocenters. The van der Waals surface area contributed by atoms with Crippen molar-refractivity contribution in [1.82, 2.24) is 15.2 Å². The topological polar surface area (TPSA) is 80.8 Å². The summed E-state index contributed by atoms with van der Waals surface area (Å²) in [5, 5.41) is 2.85. The third kappa shape index (κ3) is 5.45. The summed E-state index contributed by atoms with van der Waals surface area (Å²) in [6, 6.07) is 1.64. The Bertz CT molecular complexity index is 645. The second-order valence-electron chi connectivity index (χ2n) is 6.91. The van der Waals surface area contributed by atoms with E-state index in [0.29, 0.717) is 24.5 Å². The van der Waals surface area contributed by atoms with Gasteiger partial charge in [0.15, 0.2) is 0 Å². The molecule has 2 amide bonds. The van der Waals surface area contributed by atoms with E-state index >= 15 is 0 Å². The highest BCUT2D eigenvalue weighted by Crippen LogP contribution is 2.24. The van der Waals surface area contributed by atoms with Crippen molar-refractivity contribution in [2.45, 2.75) is 45.3 Å². The van der Waals surface area contributed by atoms with Gasteiger partial charge in [-0.25, -0.2) is 9.78 Å². The van der Waals surface area contributed by atoms with Gasteiger partial charge in [-0.15, -0.1) is 0 Å². The van der Waals surface area contributed by atoms with Crippen LogP contribution >= 0.6 is 22.6 Å². The minimum atomic E-state index is -0.548. The van der Waals surface area contributed by atoms with E-state index in [9.17, 15) is 9.59 Å². The fraction of sp³-hybridized carbons (Fsp3) is 0.588. The molecule has 0 bridgehead atoms. The van der Waals surface area contributed by atoms with Gasteiger partial charge in [0.1, 0.15) is 11.2 Å². The number of carbonyl (C=O) groups is 2. The fourth-order valence-corrected chi connectivity index (χ4v) is 3.30. The van der Waals surface area contributed by atoms with Crippen LogP contribution in [0.4, 0.5) is 4.79 Å². The predicted molar refractivity (Wildman–Crippen MR) is 102 cm³/mol. The SMILES string of the molecule is COc1nccc(I)c1C(=O)N1CCCC(NC(=O)OC(C)(C)C)C1.